The van der Waals surface area contributed by atoms with E-state index in [0.717, 1.165) is 0 Å². The Morgan fingerprint density at radius 2 is 1.90 bits per heavy atom. The molecule has 0 amide bonds. The Hall–Kier alpha value is -2.52. The van der Waals surface area contributed by atoms with Crippen molar-refractivity contribution in [1.82, 2.24) is 0 Å². The molecule has 0 heterocycles. The van der Waals surface area contributed by atoms with Crippen molar-refractivity contribution in [3.8, 4) is 6.07 Å². The van der Waals surface area contributed by atoms with Crippen LogP contribution in [0.25, 0.3) is 0 Å². The average Bonchev–Trinajstić information content (AvgIpc) is 2.37. The van der Waals surface area contributed by atoms with E-state index in [4.69, 9.17) is 11.0 Å². The van der Waals surface area contributed by atoms with Crippen molar-refractivity contribution in [1.29, 1.82) is 5.26 Å². The summed E-state index contributed by atoms with van der Waals surface area (Å²) < 4.78 is 26.5. The smallest absolute Gasteiger partial charge is 0.236 e. The van der Waals surface area contributed by atoms with Crippen LogP contribution >= 0.6 is 0 Å². The number of nitrogens with zero attached hydrogens (tertiary/aromatic N) is 1. The fraction of sp³-hybridized carbons (Fsp3) is 0.0714. The van der Waals surface area contributed by atoms with Gasteiger partial charge in [-0.2, -0.15) is 5.26 Å². The van der Waals surface area contributed by atoms with Gasteiger partial charge in [0.05, 0.1) is 23.1 Å². The molecule has 2 aromatic rings. The Morgan fingerprint density at radius 3 is 2.60 bits per heavy atom. The molecule has 2 aromatic carbocycles. The number of hydrogen-bond donors (Lipinski definition) is 2. The van der Waals surface area contributed by atoms with Gasteiger partial charge in [0.15, 0.2) is 0 Å². The van der Waals surface area contributed by atoms with Gasteiger partial charge in [-0.05, 0) is 35.9 Å². The lowest BCUT2D eigenvalue weighted by atomic mass is 10.2. The number of rotatable bonds is 4. The normalized spacial score (nSPS) is 10.8. The first-order valence-corrected chi connectivity index (χ1v) is 7.49. The molecule has 0 aliphatic heterocycles. The third-order valence-electron chi connectivity index (χ3n) is 2.57. The van der Waals surface area contributed by atoms with Crippen LogP contribution in [0, 0.1) is 11.3 Å². The van der Waals surface area contributed by atoms with E-state index in [2.05, 4.69) is 4.72 Å². The van der Waals surface area contributed by atoms with Gasteiger partial charge in [-0.3, -0.25) is 4.72 Å². The molecule has 6 heteroatoms. The number of anilines is 2. The van der Waals surface area contributed by atoms with Crippen LogP contribution in [0.15, 0.2) is 48.5 Å². The maximum atomic E-state index is 12.0. The van der Waals surface area contributed by atoms with E-state index in [0.29, 0.717) is 22.5 Å². The molecule has 0 unspecified atom stereocenters. The lowest BCUT2D eigenvalue weighted by molar-refractivity contribution is 0.600. The van der Waals surface area contributed by atoms with Gasteiger partial charge in [0.1, 0.15) is 0 Å². The number of hydrogen-bond acceptors (Lipinski definition) is 4. The fourth-order valence-corrected chi connectivity index (χ4v) is 2.94. The van der Waals surface area contributed by atoms with Gasteiger partial charge >= 0.3 is 0 Å². The van der Waals surface area contributed by atoms with Crippen LogP contribution in [-0.2, 0) is 15.8 Å². The molecule has 0 radical (unpaired) electrons. The molecule has 3 N–H and O–H groups in total. The van der Waals surface area contributed by atoms with Gasteiger partial charge in [0.25, 0.3) is 0 Å². The third kappa shape index (κ3) is 3.73. The minimum absolute atomic E-state index is 0.197. The summed E-state index contributed by atoms with van der Waals surface area (Å²) >= 11 is 0. The highest BCUT2D eigenvalue weighted by Crippen LogP contribution is 2.16. The van der Waals surface area contributed by atoms with Gasteiger partial charge in [-0.1, -0.05) is 18.2 Å². The summed E-state index contributed by atoms with van der Waals surface area (Å²) in [7, 11) is -3.54. The van der Waals surface area contributed by atoms with Crippen LogP contribution in [-0.4, -0.2) is 8.42 Å². The Morgan fingerprint density at radius 1 is 1.15 bits per heavy atom. The van der Waals surface area contributed by atoms with Crippen molar-refractivity contribution >= 4 is 21.4 Å². The maximum Gasteiger partial charge on any atom is 0.236 e. The summed E-state index contributed by atoms with van der Waals surface area (Å²) in [6.45, 7) is 0. The Bertz CT molecular complexity index is 764. The van der Waals surface area contributed by atoms with Gasteiger partial charge < -0.3 is 5.73 Å². The lowest BCUT2D eigenvalue weighted by Crippen LogP contribution is -2.15. The molecule has 0 aliphatic carbocycles. The molecule has 0 fully saturated rings. The molecule has 0 bridgehead atoms. The van der Waals surface area contributed by atoms with E-state index < -0.39 is 10.0 Å². The van der Waals surface area contributed by atoms with Crippen molar-refractivity contribution in [2.45, 2.75) is 5.75 Å². The molecule has 0 aliphatic rings. The number of benzene rings is 2. The predicted molar refractivity (Wildman–Crippen MR) is 78.3 cm³/mol. The molecular weight excluding hydrogens is 274 g/mol. The molecule has 0 aromatic heterocycles. The van der Waals surface area contributed by atoms with E-state index in [1.807, 2.05) is 6.07 Å². The van der Waals surface area contributed by atoms with Gasteiger partial charge in [-0.15, -0.1) is 0 Å². The summed E-state index contributed by atoms with van der Waals surface area (Å²) in [6, 6.07) is 15.0. The SMILES string of the molecule is N#Cc1cccc(CS(=O)(=O)Nc2cccc(N)c2)c1. The van der Waals surface area contributed by atoms with Crippen molar-refractivity contribution in [2.24, 2.45) is 0 Å². The quantitative estimate of drug-likeness (QED) is 0.841. The van der Waals surface area contributed by atoms with Crippen molar-refractivity contribution in [3.63, 3.8) is 0 Å². The molecule has 102 valence electrons. The van der Waals surface area contributed by atoms with Crippen LogP contribution < -0.4 is 10.5 Å². The standard InChI is InChI=1S/C14H13N3O2S/c15-9-11-3-1-4-12(7-11)10-20(18,19)17-14-6-2-5-13(16)8-14/h1-8,17H,10,16H2. The number of sulfonamides is 1. The van der Waals surface area contributed by atoms with Crippen molar-refractivity contribution in [2.75, 3.05) is 10.5 Å². The first kappa shape index (κ1) is 13.9. The number of nitrogens with one attached hydrogen (secondary N) is 1. The van der Waals surface area contributed by atoms with E-state index in [1.54, 1.807) is 48.5 Å². The van der Waals surface area contributed by atoms with E-state index >= 15 is 0 Å². The van der Waals surface area contributed by atoms with Gasteiger partial charge in [0.2, 0.25) is 10.0 Å². The zero-order chi connectivity index (χ0) is 14.6. The van der Waals surface area contributed by atoms with Crippen LogP contribution in [0.2, 0.25) is 0 Å². The minimum atomic E-state index is -3.54. The topological polar surface area (TPSA) is 96.0 Å². The van der Waals surface area contributed by atoms with Crippen LogP contribution in [0.4, 0.5) is 11.4 Å². The molecule has 20 heavy (non-hydrogen) atoms. The number of nitrogens with two attached hydrogens (primary N) is 1. The van der Waals surface area contributed by atoms with Crippen LogP contribution in [0.3, 0.4) is 0 Å². The van der Waals surface area contributed by atoms with E-state index in [9.17, 15) is 8.42 Å². The first-order chi connectivity index (χ1) is 9.48. The van der Waals surface area contributed by atoms with E-state index in [-0.39, 0.29) is 5.75 Å². The summed E-state index contributed by atoms with van der Waals surface area (Å²) in [4.78, 5) is 0. The zero-order valence-corrected chi connectivity index (χ0v) is 11.4. The van der Waals surface area contributed by atoms with Crippen molar-refractivity contribution in [3.05, 3.63) is 59.7 Å². The third-order valence-corrected chi connectivity index (χ3v) is 3.83. The molecule has 2 rings (SSSR count). The highest BCUT2D eigenvalue weighted by molar-refractivity contribution is 7.91. The van der Waals surface area contributed by atoms with Crippen LogP contribution in [0.5, 0.6) is 0 Å². The summed E-state index contributed by atoms with van der Waals surface area (Å²) in [5.74, 6) is -0.197. The summed E-state index contributed by atoms with van der Waals surface area (Å²) in [5.41, 5.74) is 7.49. The predicted octanol–water partition coefficient (Wildman–Crippen LogP) is 2.08. The second kappa shape index (κ2) is 5.63. The average molecular weight is 287 g/mol. The summed E-state index contributed by atoms with van der Waals surface area (Å²) in [6.07, 6.45) is 0. The molecule has 5 nitrogen and oxygen atoms in total. The van der Waals surface area contributed by atoms with Gasteiger partial charge in [0, 0.05) is 5.69 Å². The molecule has 0 saturated heterocycles. The Kier molecular flexibility index (Phi) is 3.91. The molecule has 0 spiro atoms. The van der Waals surface area contributed by atoms with Gasteiger partial charge in [-0.25, -0.2) is 8.42 Å². The Labute approximate surface area is 117 Å². The Balaban J connectivity index is 2.17. The summed E-state index contributed by atoms with van der Waals surface area (Å²) in [5, 5.41) is 8.80. The first-order valence-electron chi connectivity index (χ1n) is 5.83. The monoisotopic (exact) mass is 287 g/mol. The second-order valence-electron chi connectivity index (χ2n) is 4.30. The zero-order valence-electron chi connectivity index (χ0n) is 10.6. The number of nitrogen functional groups attached to an aromatic ring is 1. The molecule has 0 saturated carbocycles. The van der Waals surface area contributed by atoms with Crippen molar-refractivity contribution < 1.29 is 8.42 Å². The largest absolute Gasteiger partial charge is 0.399 e. The molecule has 0 atom stereocenters. The lowest BCUT2D eigenvalue weighted by Gasteiger charge is -2.08. The minimum Gasteiger partial charge on any atom is -0.399 e. The second-order valence-corrected chi connectivity index (χ2v) is 6.02. The van der Waals surface area contributed by atoms with Crippen LogP contribution in [0.1, 0.15) is 11.1 Å². The van der Waals surface area contributed by atoms with E-state index in [1.165, 1.54) is 0 Å². The highest BCUT2D eigenvalue weighted by Gasteiger charge is 2.12. The maximum absolute atomic E-state index is 12.0. The highest BCUT2D eigenvalue weighted by atomic mass is 32.2. The fourth-order valence-electron chi connectivity index (χ4n) is 1.77. The number of nitriles is 1. The molecular formula is C14H13N3O2S.